The molecule has 2 rings (SSSR count). The topological polar surface area (TPSA) is 29.5 Å². The second-order valence-corrected chi connectivity index (χ2v) is 7.48. The van der Waals surface area contributed by atoms with Crippen LogP contribution in [0.5, 0.6) is 0 Å². The van der Waals surface area contributed by atoms with E-state index < -0.39 is 0 Å². The van der Waals surface area contributed by atoms with E-state index in [1.807, 2.05) is 25.7 Å². The zero-order chi connectivity index (χ0) is 12.8. The molecular weight excluding hydrogens is 214 g/mol. The number of carbonyl (C=O) groups is 1. The van der Waals surface area contributed by atoms with Crippen molar-refractivity contribution in [2.24, 2.45) is 17.3 Å². The molecule has 2 fully saturated rings. The Morgan fingerprint density at radius 1 is 1.18 bits per heavy atom. The lowest BCUT2D eigenvalue weighted by Crippen LogP contribution is -2.36. The van der Waals surface area contributed by atoms with E-state index in [0.29, 0.717) is 17.3 Å². The minimum Gasteiger partial charge on any atom is -0.444 e. The molecule has 1 saturated heterocycles. The van der Waals surface area contributed by atoms with Crippen molar-refractivity contribution in [3.05, 3.63) is 0 Å². The number of carbonyl (C=O) groups excluding carboxylic acids is 1. The number of rotatable bonds is 0. The third-order valence-corrected chi connectivity index (χ3v) is 3.86. The summed E-state index contributed by atoms with van der Waals surface area (Å²) in [6.45, 7) is 12.2. The fraction of sp³-hybridized carbons (Fsp3) is 0.929. The van der Waals surface area contributed by atoms with Gasteiger partial charge in [0.25, 0.3) is 0 Å². The maximum atomic E-state index is 12.0. The molecule has 1 heterocycles. The molecule has 1 saturated carbocycles. The standard InChI is InChI=1S/C14H25NO2/c1-13(2,3)17-12(16)15-8-10-6-14(4,5)7-11(10)9-15/h10-11H,6-9H2,1-5H3/t10-,11+. The van der Waals surface area contributed by atoms with E-state index in [-0.39, 0.29) is 11.7 Å². The van der Waals surface area contributed by atoms with Crippen molar-refractivity contribution < 1.29 is 9.53 Å². The van der Waals surface area contributed by atoms with Crippen LogP contribution in [0.25, 0.3) is 0 Å². The summed E-state index contributed by atoms with van der Waals surface area (Å²) < 4.78 is 5.43. The number of nitrogens with zero attached hydrogens (tertiary/aromatic N) is 1. The first-order chi connectivity index (χ1) is 7.66. The van der Waals surface area contributed by atoms with Gasteiger partial charge in [-0.15, -0.1) is 0 Å². The Kier molecular flexibility index (Phi) is 2.91. The smallest absolute Gasteiger partial charge is 0.410 e. The maximum Gasteiger partial charge on any atom is 0.410 e. The minimum atomic E-state index is -0.381. The quantitative estimate of drug-likeness (QED) is 0.649. The van der Waals surface area contributed by atoms with E-state index in [1.165, 1.54) is 12.8 Å². The van der Waals surface area contributed by atoms with Crippen LogP contribution in [-0.2, 0) is 4.74 Å². The summed E-state index contributed by atoms with van der Waals surface area (Å²) in [7, 11) is 0. The second kappa shape index (κ2) is 3.89. The molecule has 0 bridgehead atoms. The molecule has 1 amide bonds. The molecule has 2 aliphatic rings. The Balaban J connectivity index is 1.91. The summed E-state index contributed by atoms with van der Waals surface area (Å²) in [5.41, 5.74) is 0.0867. The normalized spacial score (nSPS) is 31.5. The fourth-order valence-corrected chi connectivity index (χ4v) is 3.38. The van der Waals surface area contributed by atoms with E-state index in [9.17, 15) is 4.79 Å². The van der Waals surface area contributed by atoms with Gasteiger partial charge in [-0.05, 0) is 50.9 Å². The van der Waals surface area contributed by atoms with Gasteiger partial charge in [-0.3, -0.25) is 0 Å². The van der Waals surface area contributed by atoms with E-state index in [0.717, 1.165) is 13.1 Å². The summed E-state index contributed by atoms with van der Waals surface area (Å²) in [5.74, 6) is 1.38. The van der Waals surface area contributed by atoms with Crippen LogP contribution in [0.3, 0.4) is 0 Å². The van der Waals surface area contributed by atoms with Crippen molar-refractivity contribution in [2.45, 2.75) is 53.1 Å². The van der Waals surface area contributed by atoms with Gasteiger partial charge < -0.3 is 9.64 Å². The highest BCUT2D eigenvalue weighted by Gasteiger charge is 2.46. The molecule has 0 aromatic rings. The zero-order valence-electron chi connectivity index (χ0n) is 11.7. The van der Waals surface area contributed by atoms with Gasteiger partial charge in [0.2, 0.25) is 0 Å². The van der Waals surface area contributed by atoms with Crippen molar-refractivity contribution >= 4 is 6.09 Å². The summed E-state index contributed by atoms with van der Waals surface area (Å²) in [6.07, 6.45) is 2.36. The molecule has 17 heavy (non-hydrogen) atoms. The van der Waals surface area contributed by atoms with Gasteiger partial charge in [0.1, 0.15) is 5.60 Å². The van der Waals surface area contributed by atoms with Gasteiger partial charge in [0, 0.05) is 13.1 Å². The first-order valence-electron chi connectivity index (χ1n) is 6.64. The summed E-state index contributed by atoms with van der Waals surface area (Å²) in [4.78, 5) is 13.9. The third-order valence-electron chi connectivity index (χ3n) is 3.86. The highest BCUT2D eigenvalue weighted by atomic mass is 16.6. The van der Waals surface area contributed by atoms with Crippen molar-refractivity contribution in [1.29, 1.82) is 0 Å². The number of hydrogen-bond donors (Lipinski definition) is 0. The van der Waals surface area contributed by atoms with E-state index >= 15 is 0 Å². The number of hydrogen-bond acceptors (Lipinski definition) is 2. The Bertz CT molecular complexity index is 301. The first kappa shape index (κ1) is 12.7. The van der Waals surface area contributed by atoms with E-state index in [2.05, 4.69) is 13.8 Å². The lowest BCUT2D eigenvalue weighted by molar-refractivity contribution is 0.0273. The Hall–Kier alpha value is -0.730. The minimum absolute atomic E-state index is 0.135. The molecule has 0 aromatic heterocycles. The molecule has 98 valence electrons. The van der Waals surface area contributed by atoms with Gasteiger partial charge in [0.05, 0.1) is 0 Å². The zero-order valence-corrected chi connectivity index (χ0v) is 11.7. The highest BCUT2D eigenvalue weighted by Crippen LogP contribution is 2.48. The van der Waals surface area contributed by atoms with Crippen LogP contribution in [0.1, 0.15) is 47.5 Å². The number of ether oxygens (including phenoxy) is 1. The van der Waals surface area contributed by atoms with Crippen molar-refractivity contribution in [3.63, 3.8) is 0 Å². The molecule has 2 atom stereocenters. The third kappa shape index (κ3) is 2.93. The first-order valence-corrected chi connectivity index (χ1v) is 6.64. The number of amides is 1. The van der Waals surface area contributed by atoms with Crippen molar-refractivity contribution in [3.8, 4) is 0 Å². The lowest BCUT2D eigenvalue weighted by atomic mass is 9.90. The van der Waals surface area contributed by atoms with Crippen LogP contribution in [0.2, 0.25) is 0 Å². The van der Waals surface area contributed by atoms with Gasteiger partial charge >= 0.3 is 6.09 Å². The SMILES string of the molecule is CC1(C)C[C@H]2CN(C(=O)OC(C)(C)C)C[C@H]2C1. The van der Waals surface area contributed by atoms with Gasteiger partial charge in [0.15, 0.2) is 0 Å². The van der Waals surface area contributed by atoms with Crippen molar-refractivity contribution in [1.82, 2.24) is 4.90 Å². The summed E-state index contributed by atoms with van der Waals surface area (Å²) in [6, 6.07) is 0. The molecule has 0 radical (unpaired) electrons. The average molecular weight is 239 g/mol. The molecule has 1 aliphatic heterocycles. The average Bonchev–Trinajstić information content (AvgIpc) is 2.53. The predicted octanol–water partition coefficient (Wildman–Crippen LogP) is 3.29. The van der Waals surface area contributed by atoms with Crippen LogP contribution in [-0.4, -0.2) is 29.7 Å². The number of likely N-dealkylation sites (tertiary alicyclic amines) is 1. The van der Waals surface area contributed by atoms with Crippen LogP contribution >= 0.6 is 0 Å². The Labute approximate surface area is 105 Å². The molecule has 0 N–H and O–H groups in total. The van der Waals surface area contributed by atoms with Crippen LogP contribution < -0.4 is 0 Å². The molecule has 1 aliphatic carbocycles. The molecule has 0 aromatic carbocycles. The van der Waals surface area contributed by atoms with Gasteiger partial charge in [-0.25, -0.2) is 4.79 Å². The number of fused-ring (bicyclic) bond motifs is 1. The monoisotopic (exact) mass is 239 g/mol. The van der Waals surface area contributed by atoms with Crippen LogP contribution in [0, 0.1) is 17.3 Å². The maximum absolute atomic E-state index is 12.0. The lowest BCUT2D eigenvalue weighted by Gasteiger charge is -2.26. The van der Waals surface area contributed by atoms with Gasteiger partial charge in [-0.2, -0.15) is 0 Å². The fourth-order valence-electron chi connectivity index (χ4n) is 3.38. The molecule has 0 spiro atoms. The van der Waals surface area contributed by atoms with Crippen LogP contribution in [0.4, 0.5) is 4.79 Å². The largest absolute Gasteiger partial charge is 0.444 e. The molecule has 3 heteroatoms. The summed E-state index contributed by atoms with van der Waals surface area (Å²) >= 11 is 0. The highest BCUT2D eigenvalue weighted by molar-refractivity contribution is 5.68. The Morgan fingerprint density at radius 2 is 1.65 bits per heavy atom. The van der Waals surface area contributed by atoms with Crippen LogP contribution in [0.15, 0.2) is 0 Å². The van der Waals surface area contributed by atoms with Crippen molar-refractivity contribution in [2.75, 3.05) is 13.1 Å². The molecular formula is C14H25NO2. The van der Waals surface area contributed by atoms with E-state index in [1.54, 1.807) is 0 Å². The van der Waals surface area contributed by atoms with Gasteiger partial charge in [-0.1, -0.05) is 13.8 Å². The Morgan fingerprint density at radius 3 is 2.06 bits per heavy atom. The predicted molar refractivity (Wildman–Crippen MR) is 67.8 cm³/mol. The molecule has 0 unspecified atom stereocenters. The second-order valence-electron chi connectivity index (χ2n) is 7.48. The molecule has 3 nitrogen and oxygen atoms in total. The summed E-state index contributed by atoms with van der Waals surface area (Å²) in [5, 5.41) is 0. The van der Waals surface area contributed by atoms with E-state index in [4.69, 9.17) is 4.74 Å².